The highest BCUT2D eigenvalue weighted by Gasteiger charge is 2.20. The molecule has 0 aromatic heterocycles. The Morgan fingerprint density at radius 1 is 0.880 bits per heavy atom. The fraction of sp³-hybridized carbons (Fsp3) is 0.143. The van der Waals surface area contributed by atoms with E-state index in [4.69, 9.17) is 9.29 Å². The Morgan fingerprint density at radius 2 is 1.52 bits per heavy atom. The number of azo groups is 1. The normalized spacial score (nSPS) is 12.5. The van der Waals surface area contributed by atoms with E-state index < -0.39 is 35.7 Å². The minimum absolute atomic E-state index is 0.265. The molecule has 0 fully saturated rings. The summed E-state index contributed by atoms with van der Waals surface area (Å²) in [5, 5.41) is 7.55. The number of rotatable bonds is 5. The van der Waals surface area contributed by atoms with Crippen molar-refractivity contribution in [3.05, 3.63) is 42.0 Å². The van der Waals surface area contributed by atoms with Gasteiger partial charge in [-0.25, -0.2) is 0 Å². The molecule has 0 atom stereocenters. The molecule has 11 heteroatoms. The third-order valence-corrected chi connectivity index (χ3v) is 4.86. The number of aryl methyl sites for hydroxylation is 1. The van der Waals surface area contributed by atoms with Gasteiger partial charge in [0.1, 0.15) is 22.0 Å². The van der Waals surface area contributed by atoms with Crippen molar-refractivity contribution in [2.24, 2.45) is 10.2 Å². The molecule has 0 saturated carbocycles. The first-order chi connectivity index (χ1) is 11.5. The SMILES string of the molecule is COc1ccc(C)cc1N=Nc1cc(S(=O)(=O)O)ccc1S(=O)(=O)O. The van der Waals surface area contributed by atoms with Gasteiger partial charge in [-0.05, 0) is 42.8 Å². The quantitative estimate of drug-likeness (QED) is 0.594. The van der Waals surface area contributed by atoms with Gasteiger partial charge in [-0.15, -0.1) is 10.2 Å². The van der Waals surface area contributed by atoms with Crippen molar-refractivity contribution in [2.75, 3.05) is 7.11 Å². The molecule has 0 spiro atoms. The van der Waals surface area contributed by atoms with Crippen molar-refractivity contribution in [1.82, 2.24) is 0 Å². The van der Waals surface area contributed by atoms with Crippen LogP contribution in [-0.2, 0) is 20.2 Å². The molecule has 0 aliphatic carbocycles. The molecule has 2 N–H and O–H groups in total. The van der Waals surface area contributed by atoms with Gasteiger partial charge in [-0.2, -0.15) is 16.8 Å². The average molecular weight is 386 g/mol. The third kappa shape index (κ3) is 4.60. The van der Waals surface area contributed by atoms with Crippen molar-refractivity contribution >= 4 is 31.6 Å². The van der Waals surface area contributed by atoms with Crippen LogP contribution in [0.5, 0.6) is 5.75 Å². The van der Waals surface area contributed by atoms with E-state index in [9.17, 15) is 21.4 Å². The molecule has 0 bridgehead atoms. The van der Waals surface area contributed by atoms with Crippen LogP contribution in [0.25, 0.3) is 0 Å². The monoisotopic (exact) mass is 386 g/mol. The van der Waals surface area contributed by atoms with Crippen LogP contribution in [0.15, 0.2) is 56.4 Å². The highest BCUT2D eigenvalue weighted by atomic mass is 32.2. The van der Waals surface area contributed by atoms with E-state index in [2.05, 4.69) is 10.2 Å². The molecular formula is C14H14N2O7S2. The average Bonchev–Trinajstić information content (AvgIpc) is 2.51. The van der Waals surface area contributed by atoms with Crippen molar-refractivity contribution in [3.63, 3.8) is 0 Å². The summed E-state index contributed by atoms with van der Waals surface area (Å²) in [4.78, 5) is -1.25. The van der Waals surface area contributed by atoms with Gasteiger partial charge in [0, 0.05) is 0 Å². The summed E-state index contributed by atoms with van der Waals surface area (Å²) in [6.07, 6.45) is 0. The van der Waals surface area contributed by atoms with Crippen LogP contribution in [0.1, 0.15) is 5.56 Å². The Balaban J connectivity index is 2.63. The maximum Gasteiger partial charge on any atom is 0.296 e. The molecule has 0 radical (unpaired) electrons. The maximum atomic E-state index is 11.4. The summed E-state index contributed by atoms with van der Waals surface area (Å²) in [6, 6.07) is 7.42. The van der Waals surface area contributed by atoms with Crippen LogP contribution >= 0.6 is 0 Å². The van der Waals surface area contributed by atoms with Gasteiger partial charge in [0.05, 0.1) is 12.0 Å². The van der Waals surface area contributed by atoms with Crippen LogP contribution in [-0.4, -0.2) is 33.1 Å². The first kappa shape index (κ1) is 19.0. The lowest BCUT2D eigenvalue weighted by Gasteiger charge is -2.06. The summed E-state index contributed by atoms with van der Waals surface area (Å²) in [5.41, 5.74) is 0.638. The molecule has 2 aromatic carbocycles. The Morgan fingerprint density at radius 3 is 2.08 bits per heavy atom. The van der Waals surface area contributed by atoms with Gasteiger partial charge < -0.3 is 4.74 Å². The fourth-order valence-corrected chi connectivity index (χ4v) is 3.04. The topological polar surface area (TPSA) is 143 Å². The zero-order valence-corrected chi connectivity index (χ0v) is 14.7. The Labute approximate surface area is 144 Å². The highest BCUT2D eigenvalue weighted by Crippen LogP contribution is 2.33. The van der Waals surface area contributed by atoms with Crippen LogP contribution in [0.3, 0.4) is 0 Å². The number of hydrogen-bond acceptors (Lipinski definition) is 7. The molecule has 0 aliphatic rings. The molecular weight excluding hydrogens is 372 g/mol. The van der Waals surface area contributed by atoms with Crippen LogP contribution in [0, 0.1) is 6.92 Å². The zero-order valence-electron chi connectivity index (χ0n) is 13.1. The minimum Gasteiger partial charge on any atom is -0.494 e. The van der Waals surface area contributed by atoms with E-state index >= 15 is 0 Å². The molecule has 0 aliphatic heterocycles. The molecule has 0 amide bonds. The molecule has 0 heterocycles. The summed E-state index contributed by atoms with van der Waals surface area (Å²) in [6.45, 7) is 1.79. The van der Waals surface area contributed by atoms with E-state index in [1.807, 2.05) is 0 Å². The number of benzene rings is 2. The van der Waals surface area contributed by atoms with Gasteiger partial charge in [-0.3, -0.25) is 9.11 Å². The molecule has 2 rings (SSSR count). The van der Waals surface area contributed by atoms with E-state index in [0.29, 0.717) is 5.75 Å². The molecule has 9 nitrogen and oxygen atoms in total. The molecule has 2 aromatic rings. The van der Waals surface area contributed by atoms with E-state index in [1.165, 1.54) is 7.11 Å². The zero-order chi connectivity index (χ0) is 18.8. The Kier molecular flexibility index (Phi) is 5.23. The van der Waals surface area contributed by atoms with E-state index in [-0.39, 0.29) is 5.69 Å². The number of ether oxygens (including phenoxy) is 1. The van der Waals surface area contributed by atoms with E-state index in [1.54, 1.807) is 25.1 Å². The van der Waals surface area contributed by atoms with Crippen molar-refractivity contribution in [1.29, 1.82) is 0 Å². The predicted octanol–water partition coefficient (Wildman–Crippen LogP) is 2.91. The number of nitrogens with zero attached hydrogens (tertiary/aromatic N) is 2. The second-order valence-corrected chi connectivity index (χ2v) is 7.77. The Hall–Kier alpha value is -2.34. The van der Waals surface area contributed by atoms with Crippen molar-refractivity contribution in [2.45, 2.75) is 16.7 Å². The first-order valence-electron chi connectivity index (χ1n) is 6.68. The summed E-state index contributed by atoms with van der Waals surface area (Å²) in [7, 11) is -7.87. The van der Waals surface area contributed by atoms with Gasteiger partial charge in [0.2, 0.25) is 0 Å². The number of methoxy groups -OCH3 is 1. The van der Waals surface area contributed by atoms with Gasteiger partial charge in [0.15, 0.2) is 0 Å². The lowest BCUT2D eigenvalue weighted by molar-refractivity contribution is 0.415. The highest BCUT2D eigenvalue weighted by molar-refractivity contribution is 7.86. The fourth-order valence-electron chi connectivity index (χ4n) is 1.94. The molecule has 0 unspecified atom stereocenters. The summed E-state index contributed by atoms with van der Waals surface area (Å²) >= 11 is 0. The number of hydrogen-bond donors (Lipinski definition) is 2. The lowest BCUT2D eigenvalue weighted by Crippen LogP contribution is -2.02. The molecule has 25 heavy (non-hydrogen) atoms. The lowest BCUT2D eigenvalue weighted by atomic mass is 10.2. The minimum atomic E-state index is -4.69. The Bertz CT molecular complexity index is 1040. The smallest absolute Gasteiger partial charge is 0.296 e. The molecule has 134 valence electrons. The van der Waals surface area contributed by atoms with E-state index in [0.717, 1.165) is 23.8 Å². The van der Waals surface area contributed by atoms with Gasteiger partial charge in [-0.1, -0.05) is 6.07 Å². The van der Waals surface area contributed by atoms with Crippen molar-refractivity contribution in [3.8, 4) is 5.75 Å². The molecule has 0 saturated heterocycles. The maximum absolute atomic E-state index is 11.4. The summed E-state index contributed by atoms with van der Waals surface area (Å²) in [5.74, 6) is 0.355. The predicted molar refractivity (Wildman–Crippen MR) is 88.0 cm³/mol. The van der Waals surface area contributed by atoms with Crippen molar-refractivity contribution < 1.29 is 30.7 Å². The van der Waals surface area contributed by atoms with Crippen LogP contribution in [0.2, 0.25) is 0 Å². The standard InChI is InChI=1S/C14H14N2O7S2/c1-9-3-5-13(23-2)11(7-9)15-16-12-8-10(24(17,18)19)4-6-14(12)25(20,21)22/h3-8H,1-2H3,(H,17,18,19)(H,20,21,22). The second-order valence-electron chi connectivity index (χ2n) is 4.95. The van der Waals surface area contributed by atoms with Crippen LogP contribution in [0.4, 0.5) is 11.4 Å². The van der Waals surface area contributed by atoms with Gasteiger partial charge in [0.25, 0.3) is 20.2 Å². The third-order valence-electron chi connectivity index (χ3n) is 3.11. The first-order valence-corrected chi connectivity index (χ1v) is 9.56. The van der Waals surface area contributed by atoms with Gasteiger partial charge >= 0.3 is 0 Å². The second kappa shape index (κ2) is 6.88. The summed E-state index contributed by atoms with van der Waals surface area (Å²) < 4.78 is 68.7. The van der Waals surface area contributed by atoms with Crippen LogP contribution < -0.4 is 4.74 Å². The largest absolute Gasteiger partial charge is 0.494 e.